The van der Waals surface area contributed by atoms with Crippen molar-refractivity contribution in [3.05, 3.63) is 12.7 Å². The summed E-state index contributed by atoms with van der Waals surface area (Å²) in [5.41, 5.74) is 0. The number of nitrogens with one attached hydrogen (secondary N) is 1. The minimum absolute atomic E-state index is 0.193. The lowest BCUT2D eigenvalue weighted by Gasteiger charge is -2.02. The predicted molar refractivity (Wildman–Crippen MR) is 44.1 cm³/mol. The second-order valence-corrected chi connectivity index (χ2v) is 2.15. The number of rotatable bonds is 6. The van der Waals surface area contributed by atoms with Gasteiger partial charge in [0.25, 0.3) is 0 Å². The standard InChI is InChI=1S/C8H15NO2/c1-3-5-6-11-7-9-8(10)4-2/h4H,2-3,5-7H2,1H3,(H,9,10). The third-order valence-corrected chi connectivity index (χ3v) is 1.18. The second-order valence-electron chi connectivity index (χ2n) is 2.15. The van der Waals surface area contributed by atoms with E-state index in [2.05, 4.69) is 18.8 Å². The Morgan fingerprint density at radius 3 is 3.00 bits per heavy atom. The lowest BCUT2D eigenvalue weighted by atomic mass is 10.4. The summed E-state index contributed by atoms with van der Waals surface area (Å²) >= 11 is 0. The van der Waals surface area contributed by atoms with Crippen molar-refractivity contribution in [3.8, 4) is 0 Å². The topological polar surface area (TPSA) is 38.3 Å². The number of carbonyl (C=O) groups is 1. The zero-order valence-electron chi connectivity index (χ0n) is 6.93. The van der Waals surface area contributed by atoms with E-state index in [9.17, 15) is 4.79 Å². The molecule has 11 heavy (non-hydrogen) atoms. The van der Waals surface area contributed by atoms with Crippen molar-refractivity contribution in [2.45, 2.75) is 19.8 Å². The van der Waals surface area contributed by atoms with Crippen molar-refractivity contribution >= 4 is 5.91 Å². The van der Waals surface area contributed by atoms with Gasteiger partial charge in [0.1, 0.15) is 6.73 Å². The SMILES string of the molecule is C=CC(=O)NCOCCCC. The average molecular weight is 157 g/mol. The smallest absolute Gasteiger partial charge is 0.245 e. The molecule has 0 atom stereocenters. The summed E-state index contributed by atoms with van der Waals surface area (Å²) in [6.45, 7) is 6.38. The third-order valence-electron chi connectivity index (χ3n) is 1.18. The molecule has 0 fully saturated rings. The molecule has 64 valence electrons. The van der Waals surface area contributed by atoms with Gasteiger partial charge in [-0.05, 0) is 12.5 Å². The molecule has 0 aliphatic carbocycles. The van der Waals surface area contributed by atoms with E-state index < -0.39 is 0 Å². The van der Waals surface area contributed by atoms with Crippen molar-refractivity contribution in [1.82, 2.24) is 5.32 Å². The maximum atomic E-state index is 10.5. The summed E-state index contributed by atoms with van der Waals surface area (Å²) in [4.78, 5) is 10.5. The zero-order valence-corrected chi connectivity index (χ0v) is 6.93. The van der Waals surface area contributed by atoms with Crippen molar-refractivity contribution in [3.63, 3.8) is 0 Å². The molecule has 1 N–H and O–H groups in total. The van der Waals surface area contributed by atoms with Crippen LogP contribution >= 0.6 is 0 Å². The lowest BCUT2D eigenvalue weighted by molar-refractivity contribution is -0.118. The van der Waals surface area contributed by atoms with Crippen LogP contribution in [0.15, 0.2) is 12.7 Å². The fraction of sp³-hybridized carbons (Fsp3) is 0.625. The van der Waals surface area contributed by atoms with E-state index in [-0.39, 0.29) is 12.6 Å². The Morgan fingerprint density at radius 1 is 1.73 bits per heavy atom. The van der Waals surface area contributed by atoms with Gasteiger partial charge >= 0.3 is 0 Å². The number of hydrogen-bond acceptors (Lipinski definition) is 2. The Labute approximate surface area is 67.4 Å². The molecule has 3 heteroatoms. The molecular formula is C8H15NO2. The van der Waals surface area contributed by atoms with Crippen molar-refractivity contribution in [2.75, 3.05) is 13.3 Å². The van der Waals surface area contributed by atoms with Crippen LogP contribution < -0.4 is 5.32 Å². The number of carbonyl (C=O) groups excluding carboxylic acids is 1. The first-order valence-corrected chi connectivity index (χ1v) is 3.79. The van der Waals surface area contributed by atoms with E-state index in [1.807, 2.05) is 0 Å². The van der Waals surface area contributed by atoms with Crippen molar-refractivity contribution < 1.29 is 9.53 Å². The summed E-state index contributed by atoms with van der Waals surface area (Å²) < 4.78 is 5.07. The van der Waals surface area contributed by atoms with Gasteiger partial charge in [-0.1, -0.05) is 19.9 Å². The van der Waals surface area contributed by atoms with Gasteiger partial charge < -0.3 is 10.1 Å². The van der Waals surface area contributed by atoms with Crippen molar-refractivity contribution in [1.29, 1.82) is 0 Å². The molecular weight excluding hydrogens is 142 g/mol. The minimum Gasteiger partial charge on any atom is -0.361 e. The molecule has 0 saturated carbocycles. The Balaban J connectivity index is 3.01. The average Bonchev–Trinajstić information content (AvgIpc) is 2.04. The molecule has 1 amide bonds. The van der Waals surface area contributed by atoms with Crippen LogP contribution in [-0.2, 0) is 9.53 Å². The maximum Gasteiger partial charge on any atom is 0.245 e. The Kier molecular flexibility index (Phi) is 6.73. The van der Waals surface area contributed by atoms with Crippen LogP contribution in [0.2, 0.25) is 0 Å². The monoisotopic (exact) mass is 157 g/mol. The van der Waals surface area contributed by atoms with Gasteiger partial charge in [-0.3, -0.25) is 4.79 Å². The second kappa shape index (κ2) is 7.28. The summed E-state index contributed by atoms with van der Waals surface area (Å²) in [6.07, 6.45) is 3.36. The van der Waals surface area contributed by atoms with Crippen LogP contribution in [0.4, 0.5) is 0 Å². The number of amides is 1. The van der Waals surface area contributed by atoms with E-state index in [0.717, 1.165) is 12.8 Å². The Hall–Kier alpha value is -0.830. The molecule has 0 saturated heterocycles. The highest BCUT2D eigenvalue weighted by Crippen LogP contribution is 1.85. The fourth-order valence-electron chi connectivity index (χ4n) is 0.513. The minimum atomic E-state index is -0.193. The van der Waals surface area contributed by atoms with E-state index >= 15 is 0 Å². The Morgan fingerprint density at radius 2 is 2.45 bits per heavy atom. The largest absolute Gasteiger partial charge is 0.361 e. The lowest BCUT2D eigenvalue weighted by Crippen LogP contribution is -2.23. The van der Waals surface area contributed by atoms with Gasteiger partial charge in [-0.15, -0.1) is 0 Å². The molecule has 0 aliphatic heterocycles. The van der Waals surface area contributed by atoms with Crippen molar-refractivity contribution in [2.24, 2.45) is 0 Å². The molecule has 0 heterocycles. The highest BCUT2D eigenvalue weighted by Gasteiger charge is 1.90. The van der Waals surface area contributed by atoms with Crippen LogP contribution in [0.1, 0.15) is 19.8 Å². The molecule has 0 rings (SSSR count). The summed E-state index contributed by atoms with van der Waals surface area (Å²) in [7, 11) is 0. The third kappa shape index (κ3) is 7.06. The molecule has 0 unspecified atom stereocenters. The van der Waals surface area contributed by atoms with Crippen LogP contribution in [0.3, 0.4) is 0 Å². The van der Waals surface area contributed by atoms with Gasteiger partial charge in [0, 0.05) is 6.61 Å². The normalized spacial score (nSPS) is 9.18. The van der Waals surface area contributed by atoms with E-state index in [1.165, 1.54) is 6.08 Å². The molecule has 3 nitrogen and oxygen atoms in total. The number of unbranched alkanes of at least 4 members (excludes halogenated alkanes) is 1. The fourth-order valence-corrected chi connectivity index (χ4v) is 0.513. The first-order valence-electron chi connectivity index (χ1n) is 3.79. The summed E-state index contributed by atoms with van der Waals surface area (Å²) in [5.74, 6) is -0.193. The molecule has 0 aliphatic rings. The van der Waals surface area contributed by atoms with Crippen LogP contribution in [0.25, 0.3) is 0 Å². The Bertz CT molecular complexity index is 123. The van der Waals surface area contributed by atoms with Crippen LogP contribution in [0, 0.1) is 0 Å². The quantitative estimate of drug-likeness (QED) is 0.356. The molecule has 0 aromatic rings. The first-order chi connectivity index (χ1) is 5.31. The van der Waals surface area contributed by atoms with E-state index in [0.29, 0.717) is 6.61 Å². The molecule has 0 bridgehead atoms. The molecule has 0 spiro atoms. The van der Waals surface area contributed by atoms with Gasteiger partial charge in [-0.25, -0.2) is 0 Å². The van der Waals surface area contributed by atoms with Gasteiger partial charge in [-0.2, -0.15) is 0 Å². The summed E-state index contributed by atoms with van der Waals surface area (Å²) in [5, 5.41) is 2.51. The highest BCUT2D eigenvalue weighted by atomic mass is 16.5. The first kappa shape index (κ1) is 10.2. The highest BCUT2D eigenvalue weighted by molar-refractivity contribution is 5.86. The van der Waals surface area contributed by atoms with Gasteiger partial charge in [0.15, 0.2) is 0 Å². The number of hydrogen-bond donors (Lipinski definition) is 1. The van der Waals surface area contributed by atoms with Gasteiger partial charge in [0.05, 0.1) is 0 Å². The molecule has 0 radical (unpaired) electrons. The maximum absolute atomic E-state index is 10.5. The van der Waals surface area contributed by atoms with Crippen LogP contribution in [0.5, 0.6) is 0 Å². The zero-order chi connectivity index (χ0) is 8.53. The van der Waals surface area contributed by atoms with E-state index in [4.69, 9.17) is 4.74 Å². The summed E-state index contributed by atoms with van der Waals surface area (Å²) in [6, 6.07) is 0. The molecule has 0 aromatic heterocycles. The van der Waals surface area contributed by atoms with Gasteiger partial charge in [0.2, 0.25) is 5.91 Å². The molecule has 0 aromatic carbocycles. The van der Waals surface area contributed by atoms with E-state index in [1.54, 1.807) is 0 Å². The van der Waals surface area contributed by atoms with Crippen LogP contribution in [-0.4, -0.2) is 19.2 Å². The predicted octanol–water partition coefficient (Wildman–Crippen LogP) is 1.06. The number of ether oxygens (including phenoxy) is 1.